The smallest absolute Gasteiger partial charge is 0.307 e. The Morgan fingerprint density at radius 2 is 1.80 bits per heavy atom. The molecule has 2 rings (SSSR count). The van der Waals surface area contributed by atoms with Gasteiger partial charge >= 0.3 is 5.97 Å². The van der Waals surface area contributed by atoms with Crippen LogP contribution >= 0.6 is 0 Å². The van der Waals surface area contributed by atoms with Crippen LogP contribution in [0.2, 0.25) is 0 Å². The van der Waals surface area contributed by atoms with Gasteiger partial charge in [-0.1, -0.05) is 0 Å². The fourth-order valence-corrected chi connectivity index (χ4v) is 3.42. The van der Waals surface area contributed by atoms with Gasteiger partial charge in [0, 0.05) is 38.3 Å². The highest BCUT2D eigenvalue weighted by Gasteiger charge is 2.50. The van der Waals surface area contributed by atoms with Gasteiger partial charge in [0.25, 0.3) is 0 Å². The molecule has 1 saturated heterocycles. The van der Waals surface area contributed by atoms with E-state index in [9.17, 15) is 4.79 Å². The number of likely N-dealkylation sites (N-methyl/N-ethyl adjacent to an activating group) is 1. The lowest BCUT2D eigenvalue weighted by Crippen LogP contribution is -2.64. The first-order chi connectivity index (χ1) is 9.59. The summed E-state index contributed by atoms with van der Waals surface area (Å²) in [6.45, 7) is 9.33. The van der Waals surface area contributed by atoms with Gasteiger partial charge < -0.3 is 14.4 Å². The minimum atomic E-state index is -0.0682. The molecule has 1 saturated carbocycles. The molecule has 0 aromatic heterocycles. The molecule has 2 fully saturated rings. The Bertz CT molecular complexity index is 321. The van der Waals surface area contributed by atoms with Crippen LogP contribution in [0.25, 0.3) is 0 Å². The molecule has 1 heterocycles. The second-order valence-corrected chi connectivity index (χ2v) is 5.98. The summed E-state index contributed by atoms with van der Waals surface area (Å²) in [6.07, 6.45) is 2.75. The van der Waals surface area contributed by atoms with Crippen molar-refractivity contribution in [3.8, 4) is 0 Å². The van der Waals surface area contributed by atoms with Crippen molar-refractivity contribution in [1.29, 1.82) is 0 Å². The lowest BCUT2D eigenvalue weighted by Gasteiger charge is -2.55. The Labute approximate surface area is 122 Å². The minimum Gasteiger partial charge on any atom is -0.466 e. The average Bonchev–Trinajstić information content (AvgIpc) is 2.37. The molecule has 20 heavy (non-hydrogen) atoms. The zero-order chi connectivity index (χ0) is 14.6. The van der Waals surface area contributed by atoms with E-state index in [1.807, 2.05) is 13.8 Å². The first-order valence-electron chi connectivity index (χ1n) is 7.80. The number of piperazine rings is 1. The molecule has 5 heteroatoms. The molecule has 0 radical (unpaired) electrons. The predicted octanol–water partition coefficient (Wildman–Crippen LogP) is 1.12. The van der Waals surface area contributed by atoms with Crippen LogP contribution in [0.4, 0.5) is 0 Å². The summed E-state index contributed by atoms with van der Waals surface area (Å²) in [5, 5.41) is 0. The Morgan fingerprint density at radius 3 is 2.35 bits per heavy atom. The van der Waals surface area contributed by atoms with Crippen LogP contribution in [0.3, 0.4) is 0 Å². The maximum atomic E-state index is 11.9. The summed E-state index contributed by atoms with van der Waals surface area (Å²) in [5.74, 6) is -0.0682. The maximum absolute atomic E-state index is 11.9. The van der Waals surface area contributed by atoms with Gasteiger partial charge in [-0.15, -0.1) is 0 Å². The lowest BCUT2D eigenvalue weighted by atomic mass is 9.70. The number of nitrogens with zero attached hydrogens (tertiary/aromatic N) is 2. The summed E-state index contributed by atoms with van der Waals surface area (Å²) in [4.78, 5) is 16.7. The van der Waals surface area contributed by atoms with Gasteiger partial charge in [-0.05, 0) is 33.7 Å². The normalized spacial score (nSPS) is 31.9. The number of carbonyl (C=O) groups excluding carboxylic acids is 1. The summed E-state index contributed by atoms with van der Waals surface area (Å²) in [7, 11) is 2.15. The number of esters is 1. The molecule has 1 aliphatic heterocycles. The molecule has 1 aliphatic carbocycles. The number of hydrogen-bond donors (Lipinski definition) is 0. The second kappa shape index (κ2) is 6.87. The Morgan fingerprint density at radius 1 is 1.15 bits per heavy atom. The number of ether oxygens (including phenoxy) is 2. The third-order valence-corrected chi connectivity index (χ3v) is 4.57. The van der Waals surface area contributed by atoms with Gasteiger partial charge in [-0.2, -0.15) is 0 Å². The van der Waals surface area contributed by atoms with Crippen LogP contribution in [0, 0.1) is 0 Å². The van der Waals surface area contributed by atoms with Crippen LogP contribution < -0.4 is 0 Å². The van der Waals surface area contributed by atoms with Gasteiger partial charge in [-0.3, -0.25) is 9.69 Å². The van der Waals surface area contributed by atoms with Gasteiger partial charge in [-0.25, -0.2) is 0 Å². The number of rotatable bonds is 6. The van der Waals surface area contributed by atoms with E-state index in [1.165, 1.54) is 0 Å². The van der Waals surface area contributed by atoms with Crippen LogP contribution in [0.15, 0.2) is 0 Å². The SMILES string of the molecule is CCOC(=O)CC1(N2CCN(C)CC2)CC(OCC)C1. The molecule has 0 N–H and O–H groups in total. The predicted molar refractivity (Wildman–Crippen MR) is 77.7 cm³/mol. The first kappa shape index (κ1) is 15.7. The molecule has 0 atom stereocenters. The molecule has 0 bridgehead atoms. The molecular formula is C15H28N2O3. The largest absolute Gasteiger partial charge is 0.466 e. The highest BCUT2D eigenvalue weighted by Crippen LogP contribution is 2.43. The van der Waals surface area contributed by atoms with Crippen LogP contribution in [0.1, 0.15) is 33.1 Å². The van der Waals surface area contributed by atoms with E-state index in [4.69, 9.17) is 9.47 Å². The van der Waals surface area contributed by atoms with Gasteiger partial charge in [0.1, 0.15) is 0 Å². The Kier molecular flexibility index (Phi) is 5.41. The average molecular weight is 284 g/mol. The molecule has 116 valence electrons. The van der Waals surface area contributed by atoms with E-state index in [1.54, 1.807) is 0 Å². The highest BCUT2D eigenvalue weighted by atomic mass is 16.5. The van der Waals surface area contributed by atoms with Crippen molar-refractivity contribution in [2.24, 2.45) is 0 Å². The van der Waals surface area contributed by atoms with E-state index in [0.29, 0.717) is 19.1 Å². The van der Waals surface area contributed by atoms with E-state index in [0.717, 1.165) is 45.6 Å². The lowest BCUT2D eigenvalue weighted by molar-refractivity contribution is -0.158. The van der Waals surface area contributed by atoms with Crippen molar-refractivity contribution in [2.75, 3.05) is 46.4 Å². The van der Waals surface area contributed by atoms with Crippen molar-refractivity contribution >= 4 is 5.97 Å². The topological polar surface area (TPSA) is 42.0 Å². The zero-order valence-corrected chi connectivity index (χ0v) is 13.1. The van der Waals surface area contributed by atoms with E-state index in [2.05, 4.69) is 16.8 Å². The standard InChI is InChI=1S/C15H28N2O3/c1-4-19-13-10-15(11-13,12-14(18)20-5-2)17-8-6-16(3)7-9-17/h13H,4-12H2,1-3H3. The van der Waals surface area contributed by atoms with Gasteiger partial charge in [0.15, 0.2) is 0 Å². The summed E-state index contributed by atoms with van der Waals surface area (Å²) >= 11 is 0. The molecule has 0 aromatic rings. The molecule has 0 unspecified atom stereocenters. The van der Waals surface area contributed by atoms with Crippen molar-refractivity contribution in [3.05, 3.63) is 0 Å². The maximum Gasteiger partial charge on any atom is 0.307 e. The molecule has 0 spiro atoms. The van der Waals surface area contributed by atoms with Crippen LogP contribution in [0.5, 0.6) is 0 Å². The van der Waals surface area contributed by atoms with Crippen molar-refractivity contribution in [3.63, 3.8) is 0 Å². The fourth-order valence-electron chi connectivity index (χ4n) is 3.42. The van der Waals surface area contributed by atoms with Crippen molar-refractivity contribution < 1.29 is 14.3 Å². The second-order valence-electron chi connectivity index (χ2n) is 5.98. The van der Waals surface area contributed by atoms with Crippen LogP contribution in [-0.4, -0.2) is 73.9 Å². The minimum absolute atomic E-state index is 0.0205. The molecular weight excluding hydrogens is 256 g/mol. The van der Waals surface area contributed by atoms with Gasteiger partial charge in [0.2, 0.25) is 0 Å². The van der Waals surface area contributed by atoms with Crippen LogP contribution in [-0.2, 0) is 14.3 Å². The molecule has 2 aliphatic rings. The van der Waals surface area contributed by atoms with E-state index in [-0.39, 0.29) is 11.5 Å². The third-order valence-electron chi connectivity index (χ3n) is 4.57. The third kappa shape index (κ3) is 3.51. The van der Waals surface area contributed by atoms with Crippen molar-refractivity contribution in [2.45, 2.75) is 44.8 Å². The summed E-state index contributed by atoms with van der Waals surface area (Å²) in [5.41, 5.74) is -0.0205. The van der Waals surface area contributed by atoms with Crippen molar-refractivity contribution in [1.82, 2.24) is 9.80 Å². The number of hydrogen-bond acceptors (Lipinski definition) is 5. The summed E-state index contributed by atoms with van der Waals surface area (Å²) in [6, 6.07) is 0. The molecule has 0 aromatic carbocycles. The monoisotopic (exact) mass is 284 g/mol. The first-order valence-corrected chi connectivity index (χ1v) is 7.80. The highest BCUT2D eigenvalue weighted by molar-refractivity contribution is 5.71. The Balaban J connectivity index is 1.96. The van der Waals surface area contributed by atoms with Gasteiger partial charge in [0.05, 0.1) is 19.1 Å². The molecule has 5 nitrogen and oxygen atoms in total. The molecule has 0 amide bonds. The van der Waals surface area contributed by atoms with E-state index < -0.39 is 0 Å². The fraction of sp³-hybridized carbons (Fsp3) is 0.933. The Hall–Kier alpha value is -0.650. The number of carbonyl (C=O) groups is 1. The quantitative estimate of drug-likeness (QED) is 0.684. The van der Waals surface area contributed by atoms with E-state index >= 15 is 0 Å². The summed E-state index contributed by atoms with van der Waals surface area (Å²) < 4.78 is 10.9. The zero-order valence-electron chi connectivity index (χ0n) is 13.1.